The van der Waals surface area contributed by atoms with E-state index in [1.165, 1.54) is 5.69 Å². The van der Waals surface area contributed by atoms with Crippen molar-refractivity contribution in [1.82, 2.24) is 0 Å². The van der Waals surface area contributed by atoms with Gasteiger partial charge < -0.3 is 9.64 Å². The first-order chi connectivity index (χ1) is 10.7. The van der Waals surface area contributed by atoms with Gasteiger partial charge in [0.05, 0.1) is 5.71 Å². The summed E-state index contributed by atoms with van der Waals surface area (Å²) in [5.74, 6) is 1.71. The lowest BCUT2D eigenvalue weighted by Crippen LogP contribution is -2.23. The minimum atomic E-state index is 0.814. The first kappa shape index (κ1) is 14.8. The molecule has 2 aliphatic rings. The number of ether oxygens (including phenoxy) is 1. The van der Waals surface area contributed by atoms with Gasteiger partial charge in [0.2, 0.25) is 0 Å². The number of hydrogen-bond acceptors (Lipinski definition) is 4. The van der Waals surface area contributed by atoms with Crippen molar-refractivity contribution in [3.8, 4) is 5.75 Å². The maximum Gasteiger partial charge on any atom is 0.155 e. The van der Waals surface area contributed by atoms with E-state index in [4.69, 9.17) is 9.73 Å². The van der Waals surface area contributed by atoms with E-state index in [1.54, 1.807) is 0 Å². The molecule has 1 heterocycles. The summed E-state index contributed by atoms with van der Waals surface area (Å²) in [6.07, 6.45) is 3.90. The standard InChI is InChI=1S/C18H23N3O/c1-4-19-13-7-9-15-17(11-13)22-18-12-14(21(5-2)6-3)8-10-16(18)20-15/h8,10-12H,4-7,9H2,1-3H3. The summed E-state index contributed by atoms with van der Waals surface area (Å²) in [6, 6.07) is 6.28. The average Bonchev–Trinajstić information content (AvgIpc) is 2.54. The highest BCUT2D eigenvalue weighted by Gasteiger charge is 2.23. The van der Waals surface area contributed by atoms with Crippen molar-refractivity contribution in [1.29, 1.82) is 0 Å². The fraction of sp³-hybridized carbons (Fsp3) is 0.444. The summed E-state index contributed by atoms with van der Waals surface area (Å²) in [6.45, 7) is 9.17. The van der Waals surface area contributed by atoms with Crippen LogP contribution in [0.5, 0.6) is 5.75 Å². The van der Waals surface area contributed by atoms with Gasteiger partial charge in [-0.2, -0.15) is 0 Å². The first-order valence-electron chi connectivity index (χ1n) is 8.15. The highest BCUT2D eigenvalue weighted by atomic mass is 16.5. The molecule has 0 aromatic heterocycles. The molecule has 22 heavy (non-hydrogen) atoms. The molecular formula is C18H23N3O. The zero-order chi connectivity index (χ0) is 15.5. The molecule has 0 fully saturated rings. The molecule has 116 valence electrons. The van der Waals surface area contributed by atoms with Gasteiger partial charge in [-0.3, -0.25) is 4.99 Å². The highest BCUT2D eigenvalue weighted by molar-refractivity contribution is 6.13. The van der Waals surface area contributed by atoms with E-state index >= 15 is 0 Å². The van der Waals surface area contributed by atoms with Crippen molar-refractivity contribution in [3.05, 3.63) is 30.0 Å². The molecule has 4 heteroatoms. The molecule has 0 amide bonds. The molecular weight excluding hydrogens is 274 g/mol. The van der Waals surface area contributed by atoms with E-state index in [0.717, 1.165) is 61.1 Å². The SMILES string of the molecule is CCN=C1C=C2Oc3cc(N(CC)CC)ccc3N=C2CC1. The highest BCUT2D eigenvalue weighted by Crippen LogP contribution is 2.38. The minimum Gasteiger partial charge on any atom is -0.453 e. The Labute approximate surface area is 132 Å². The van der Waals surface area contributed by atoms with Crippen LogP contribution in [-0.4, -0.2) is 31.1 Å². The monoisotopic (exact) mass is 297 g/mol. The second-order valence-corrected chi connectivity index (χ2v) is 5.46. The van der Waals surface area contributed by atoms with Gasteiger partial charge in [-0.25, -0.2) is 4.99 Å². The number of nitrogens with zero attached hydrogens (tertiary/aromatic N) is 3. The van der Waals surface area contributed by atoms with Crippen LogP contribution in [0.4, 0.5) is 11.4 Å². The minimum absolute atomic E-state index is 0.814. The van der Waals surface area contributed by atoms with Crippen molar-refractivity contribution in [2.75, 3.05) is 24.5 Å². The number of benzene rings is 1. The zero-order valence-corrected chi connectivity index (χ0v) is 13.6. The lowest BCUT2D eigenvalue weighted by molar-refractivity contribution is 0.447. The Morgan fingerprint density at radius 2 is 2.00 bits per heavy atom. The Bertz CT molecular complexity index is 654. The average molecular weight is 297 g/mol. The van der Waals surface area contributed by atoms with Gasteiger partial charge in [0.15, 0.2) is 11.5 Å². The molecule has 0 bridgehead atoms. The van der Waals surface area contributed by atoms with Crippen LogP contribution in [0.3, 0.4) is 0 Å². The summed E-state index contributed by atoms with van der Waals surface area (Å²) in [7, 11) is 0. The van der Waals surface area contributed by atoms with E-state index in [9.17, 15) is 0 Å². The Balaban J connectivity index is 1.94. The quantitative estimate of drug-likeness (QED) is 0.837. The number of fused-ring (bicyclic) bond motifs is 2. The van der Waals surface area contributed by atoms with Gasteiger partial charge in [0.25, 0.3) is 0 Å². The predicted octanol–water partition coefficient (Wildman–Crippen LogP) is 4.14. The molecule has 1 aromatic carbocycles. The Morgan fingerprint density at radius 3 is 2.73 bits per heavy atom. The lowest BCUT2D eigenvalue weighted by Gasteiger charge is -2.26. The molecule has 0 spiro atoms. The maximum absolute atomic E-state index is 6.12. The molecule has 0 radical (unpaired) electrons. The number of allylic oxidation sites excluding steroid dienone is 2. The second-order valence-electron chi connectivity index (χ2n) is 5.46. The van der Waals surface area contributed by atoms with E-state index in [2.05, 4.69) is 48.9 Å². The largest absolute Gasteiger partial charge is 0.453 e. The van der Waals surface area contributed by atoms with Crippen LogP contribution in [0.2, 0.25) is 0 Å². The molecule has 0 N–H and O–H groups in total. The van der Waals surface area contributed by atoms with Crippen LogP contribution in [0.1, 0.15) is 33.6 Å². The number of hydrogen-bond donors (Lipinski definition) is 0. The number of rotatable bonds is 4. The Hall–Kier alpha value is -2.10. The van der Waals surface area contributed by atoms with Crippen molar-refractivity contribution in [3.63, 3.8) is 0 Å². The normalized spacial score (nSPS) is 18.0. The van der Waals surface area contributed by atoms with Crippen LogP contribution in [0, 0.1) is 0 Å². The Kier molecular flexibility index (Phi) is 4.27. The second kappa shape index (κ2) is 6.34. The summed E-state index contributed by atoms with van der Waals surface area (Å²) in [4.78, 5) is 11.6. The third kappa shape index (κ3) is 2.78. The molecule has 0 unspecified atom stereocenters. The van der Waals surface area contributed by atoms with E-state index in [1.807, 2.05) is 6.08 Å². The van der Waals surface area contributed by atoms with Crippen LogP contribution in [0.25, 0.3) is 0 Å². The summed E-state index contributed by atoms with van der Waals surface area (Å²) >= 11 is 0. The fourth-order valence-corrected chi connectivity index (χ4v) is 2.93. The lowest BCUT2D eigenvalue weighted by atomic mass is 10.0. The number of anilines is 1. The van der Waals surface area contributed by atoms with Crippen LogP contribution in [-0.2, 0) is 0 Å². The van der Waals surface area contributed by atoms with Crippen LogP contribution >= 0.6 is 0 Å². The molecule has 0 atom stereocenters. The van der Waals surface area contributed by atoms with E-state index in [0.29, 0.717) is 0 Å². The van der Waals surface area contributed by atoms with Gasteiger partial charge in [-0.05, 0) is 45.7 Å². The third-order valence-electron chi connectivity index (χ3n) is 4.11. The predicted molar refractivity (Wildman–Crippen MR) is 93.0 cm³/mol. The van der Waals surface area contributed by atoms with Crippen molar-refractivity contribution in [2.45, 2.75) is 33.6 Å². The van der Waals surface area contributed by atoms with Crippen molar-refractivity contribution in [2.24, 2.45) is 9.98 Å². The number of aliphatic imine (C=N–C) groups is 2. The van der Waals surface area contributed by atoms with Crippen molar-refractivity contribution < 1.29 is 4.74 Å². The summed E-state index contributed by atoms with van der Waals surface area (Å²) < 4.78 is 6.12. The van der Waals surface area contributed by atoms with E-state index in [-0.39, 0.29) is 0 Å². The van der Waals surface area contributed by atoms with E-state index < -0.39 is 0 Å². The molecule has 1 aliphatic heterocycles. The maximum atomic E-state index is 6.12. The van der Waals surface area contributed by atoms with Gasteiger partial charge in [-0.1, -0.05) is 0 Å². The van der Waals surface area contributed by atoms with Crippen LogP contribution < -0.4 is 9.64 Å². The smallest absolute Gasteiger partial charge is 0.155 e. The molecule has 1 aromatic rings. The molecule has 1 aliphatic carbocycles. The first-order valence-corrected chi connectivity index (χ1v) is 8.15. The summed E-state index contributed by atoms with van der Waals surface area (Å²) in [5, 5.41) is 0. The Morgan fingerprint density at radius 1 is 1.18 bits per heavy atom. The summed E-state index contributed by atoms with van der Waals surface area (Å²) in [5.41, 5.74) is 4.26. The topological polar surface area (TPSA) is 37.2 Å². The van der Waals surface area contributed by atoms with Gasteiger partial charge in [0, 0.05) is 43.2 Å². The molecule has 3 rings (SSSR count). The van der Waals surface area contributed by atoms with Crippen molar-refractivity contribution >= 4 is 22.8 Å². The van der Waals surface area contributed by atoms with Gasteiger partial charge in [-0.15, -0.1) is 0 Å². The van der Waals surface area contributed by atoms with Gasteiger partial charge in [0.1, 0.15) is 5.69 Å². The molecule has 0 saturated heterocycles. The van der Waals surface area contributed by atoms with Gasteiger partial charge >= 0.3 is 0 Å². The van der Waals surface area contributed by atoms with Crippen LogP contribution in [0.15, 0.2) is 40.0 Å². The third-order valence-corrected chi connectivity index (χ3v) is 4.11. The fourth-order valence-electron chi connectivity index (χ4n) is 2.93. The molecule has 4 nitrogen and oxygen atoms in total. The molecule has 0 saturated carbocycles. The zero-order valence-electron chi connectivity index (χ0n) is 13.6.